The standard InChI is InChI=1S/C23H28N4/c1-18-7-3-5-9-20(18)17-26-13-15-27(16-14-26)23(22-11-12-24-25-22)21-10-6-4-8-19(21)2/h3-12,23H,13-17H2,1-2H3,(H,24,25). The van der Waals surface area contributed by atoms with Crippen LogP contribution in [0.1, 0.15) is 34.0 Å². The maximum absolute atomic E-state index is 4.21. The van der Waals surface area contributed by atoms with Gasteiger partial charge in [-0.2, -0.15) is 5.10 Å². The molecule has 3 aromatic rings. The lowest BCUT2D eigenvalue weighted by atomic mass is 9.96. The summed E-state index contributed by atoms with van der Waals surface area (Å²) in [6.07, 6.45) is 1.86. The van der Waals surface area contributed by atoms with Crippen molar-refractivity contribution in [2.24, 2.45) is 0 Å². The summed E-state index contributed by atoms with van der Waals surface area (Å²) < 4.78 is 0. The largest absolute Gasteiger partial charge is 0.297 e. The van der Waals surface area contributed by atoms with Gasteiger partial charge in [-0.05, 0) is 42.2 Å². The molecule has 2 heterocycles. The van der Waals surface area contributed by atoms with Crippen LogP contribution in [0.3, 0.4) is 0 Å². The van der Waals surface area contributed by atoms with Gasteiger partial charge in [-0.25, -0.2) is 0 Å². The summed E-state index contributed by atoms with van der Waals surface area (Å²) in [6.45, 7) is 9.74. The van der Waals surface area contributed by atoms with Gasteiger partial charge in [-0.3, -0.25) is 14.9 Å². The molecule has 27 heavy (non-hydrogen) atoms. The Labute approximate surface area is 161 Å². The second-order valence-corrected chi connectivity index (χ2v) is 7.51. The number of piperazine rings is 1. The third kappa shape index (κ3) is 3.97. The average molecular weight is 361 g/mol. The highest BCUT2D eigenvalue weighted by molar-refractivity contribution is 5.34. The van der Waals surface area contributed by atoms with Crippen molar-refractivity contribution in [1.82, 2.24) is 20.0 Å². The van der Waals surface area contributed by atoms with Gasteiger partial charge in [0.2, 0.25) is 0 Å². The lowest BCUT2D eigenvalue weighted by Gasteiger charge is -2.39. The molecule has 0 spiro atoms. The molecule has 1 aliphatic rings. The monoisotopic (exact) mass is 360 g/mol. The molecule has 0 amide bonds. The molecule has 1 saturated heterocycles. The number of hydrogen-bond acceptors (Lipinski definition) is 3. The quantitative estimate of drug-likeness (QED) is 0.749. The lowest BCUT2D eigenvalue weighted by Crippen LogP contribution is -2.47. The summed E-state index contributed by atoms with van der Waals surface area (Å²) in [4.78, 5) is 5.16. The van der Waals surface area contributed by atoms with Crippen LogP contribution in [0.2, 0.25) is 0 Å². The number of benzene rings is 2. The number of H-pyrrole nitrogens is 1. The number of aryl methyl sites for hydroxylation is 2. The lowest BCUT2D eigenvalue weighted by molar-refractivity contribution is 0.103. The van der Waals surface area contributed by atoms with E-state index in [9.17, 15) is 0 Å². The first-order chi connectivity index (χ1) is 13.2. The molecule has 1 atom stereocenters. The van der Waals surface area contributed by atoms with E-state index in [4.69, 9.17) is 0 Å². The van der Waals surface area contributed by atoms with Crippen LogP contribution in [0.4, 0.5) is 0 Å². The van der Waals surface area contributed by atoms with Gasteiger partial charge in [-0.15, -0.1) is 0 Å². The van der Waals surface area contributed by atoms with E-state index in [1.807, 2.05) is 6.20 Å². The molecule has 1 aliphatic heterocycles. The van der Waals surface area contributed by atoms with E-state index in [0.29, 0.717) is 0 Å². The minimum absolute atomic E-state index is 0.245. The van der Waals surface area contributed by atoms with Crippen LogP contribution < -0.4 is 0 Å². The molecule has 1 unspecified atom stereocenters. The molecule has 1 aromatic heterocycles. The number of aromatic amines is 1. The topological polar surface area (TPSA) is 35.2 Å². The molecule has 0 radical (unpaired) electrons. The fourth-order valence-corrected chi connectivity index (χ4v) is 4.08. The van der Waals surface area contributed by atoms with Crippen molar-refractivity contribution in [3.63, 3.8) is 0 Å². The fraction of sp³-hybridized carbons (Fsp3) is 0.348. The van der Waals surface area contributed by atoms with Crippen LogP contribution in [0.15, 0.2) is 60.8 Å². The Morgan fingerprint density at radius 1 is 0.889 bits per heavy atom. The van der Waals surface area contributed by atoms with Crippen LogP contribution in [0, 0.1) is 13.8 Å². The highest BCUT2D eigenvalue weighted by atomic mass is 15.3. The van der Waals surface area contributed by atoms with Crippen LogP contribution in [0.25, 0.3) is 0 Å². The third-order valence-electron chi connectivity index (χ3n) is 5.73. The highest BCUT2D eigenvalue weighted by Crippen LogP contribution is 2.30. The Morgan fingerprint density at radius 3 is 2.26 bits per heavy atom. The Balaban J connectivity index is 1.49. The first-order valence-corrected chi connectivity index (χ1v) is 9.78. The number of nitrogens with zero attached hydrogens (tertiary/aromatic N) is 3. The van der Waals surface area contributed by atoms with E-state index in [-0.39, 0.29) is 6.04 Å². The first-order valence-electron chi connectivity index (χ1n) is 9.78. The maximum Gasteiger partial charge on any atom is 0.0774 e. The van der Waals surface area contributed by atoms with Gasteiger partial charge in [0.05, 0.1) is 11.7 Å². The normalized spacial score (nSPS) is 17.1. The van der Waals surface area contributed by atoms with Crippen molar-refractivity contribution >= 4 is 0 Å². The highest BCUT2D eigenvalue weighted by Gasteiger charge is 2.28. The van der Waals surface area contributed by atoms with E-state index in [2.05, 4.69) is 88.4 Å². The van der Waals surface area contributed by atoms with Gasteiger partial charge >= 0.3 is 0 Å². The fourth-order valence-electron chi connectivity index (χ4n) is 4.08. The molecule has 1 N–H and O–H groups in total. The summed E-state index contributed by atoms with van der Waals surface area (Å²) in [7, 11) is 0. The molecule has 4 nitrogen and oxygen atoms in total. The maximum atomic E-state index is 4.21. The molecule has 0 aliphatic carbocycles. The molecule has 140 valence electrons. The summed E-state index contributed by atoms with van der Waals surface area (Å²) in [5.41, 5.74) is 6.70. The van der Waals surface area contributed by atoms with Crippen molar-refractivity contribution in [1.29, 1.82) is 0 Å². The summed E-state index contributed by atoms with van der Waals surface area (Å²) >= 11 is 0. The van der Waals surface area contributed by atoms with Crippen molar-refractivity contribution in [2.75, 3.05) is 26.2 Å². The second kappa shape index (κ2) is 8.07. The van der Waals surface area contributed by atoms with E-state index >= 15 is 0 Å². The van der Waals surface area contributed by atoms with Crippen LogP contribution in [0.5, 0.6) is 0 Å². The Kier molecular flexibility index (Phi) is 5.37. The zero-order chi connectivity index (χ0) is 18.6. The van der Waals surface area contributed by atoms with E-state index < -0.39 is 0 Å². The number of hydrogen-bond donors (Lipinski definition) is 1. The number of aromatic nitrogens is 2. The van der Waals surface area contributed by atoms with Crippen molar-refractivity contribution in [2.45, 2.75) is 26.4 Å². The first kappa shape index (κ1) is 18.0. The van der Waals surface area contributed by atoms with Crippen molar-refractivity contribution < 1.29 is 0 Å². The van der Waals surface area contributed by atoms with E-state index in [1.54, 1.807) is 0 Å². The van der Waals surface area contributed by atoms with Gasteiger partial charge in [0.15, 0.2) is 0 Å². The molecular weight excluding hydrogens is 332 g/mol. The number of nitrogens with one attached hydrogen (secondary N) is 1. The Bertz CT molecular complexity index is 864. The van der Waals surface area contributed by atoms with E-state index in [1.165, 1.54) is 27.9 Å². The van der Waals surface area contributed by atoms with Gasteiger partial charge in [0.25, 0.3) is 0 Å². The molecule has 2 aromatic carbocycles. The average Bonchev–Trinajstić information content (AvgIpc) is 3.21. The summed E-state index contributed by atoms with van der Waals surface area (Å²) in [5, 5.41) is 7.42. The summed E-state index contributed by atoms with van der Waals surface area (Å²) in [5.74, 6) is 0. The third-order valence-corrected chi connectivity index (χ3v) is 5.73. The zero-order valence-corrected chi connectivity index (χ0v) is 16.2. The zero-order valence-electron chi connectivity index (χ0n) is 16.2. The van der Waals surface area contributed by atoms with Gasteiger partial charge < -0.3 is 0 Å². The van der Waals surface area contributed by atoms with Gasteiger partial charge in [0.1, 0.15) is 0 Å². The molecule has 0 bridgehead atoms. The van der Waals surface area contributed by atoms with Gasteiger partial charge in [-0.1, -0.05) is 48.5 Å². The van der Waals surface area contributed by atoms with Crippen LogP contribution >= 0.6 is 0 Å². The molecule has 4 rings (SSSR count). The minimum atomic E-state index is 0.245. The summed E-state index contributed by atoms with van der Waals surface area (Å²) in [6, 6.07) is 19.8. The van der Waals surface area contributed by atoms with Gasteiger partial charge in [0, 0.05) is 38.9 Å². The second-order valence-electron chi connectivity index (χ2n) is 7.51. The molecular formula is C23H28N4. The van der Waals surface area contributed by atoms with E-state index in [0.717, 1.165) is 32.7 Å². The van der Waals surface area contributed by atoms with Crippen LogP contribution in [-0.4, -0.2) is 46.2 Å². The molecule has 1 fully saturated rings. The van der Waals surface area contributed by atoms with Crippen LogP contribution in [-0.2, 0) is 6.54 Å². The number of rotatable bonds is 5. The van der Waals surface area contributed by atoms with Crippen molar-refractivity contribution in [3.8, 4) is 0 Å². The predicted octanol–water partition coefficient (Wildman–Crippen LogP) is 3.93. The predicted molar refractivity (Wildman–Crippen MR) is 110 cm³/mol. The minimum Gasteiger partial charge on any atom is -0.297 e. The molecule has 4 heteroatoms. The SMILES string of the molecule is Cc1ccccc1CN1CCN(C(c2ccn[nH]2)c2ccccc2C)CC1. The molecule has 0 saturated carbocycles. The Hall–Kier alpha value is -2.43. The van der Waals surface area contributed by atoms with Crippen molar-refractivity contribution in [3.05, 3.63) is 88.7 Å². The Morgan fingerprint density at radius 2 is 1.59 bits per heavy atom. The smallest absolute Gasteiger partial charge is 0.0774 e.